The van der Waals surface area contributed by atoms with Crippen molar-refractivity contribution in [3.05, 3.63) is 41.6 Å². The summed E-state index contributed by atoms with van der Waals surface area (Å²) in [6.07, 6.45) is 0.500. The lowest BCUT2D eigenvalue weighted by atomic mass is 10.2. The van der Waals surface area contributed by atoms with Gasteiger partial charge in [0.15, 0.2) is 0 Å². The lowest BCUT2D eigenvalue weighted by Gasteiger charge is -1.96. The Morgan fingerprint density at radius 2 is 2.28 bits per heavy atom. The molecule has 6 heteroatoms. The zero-order valence-corrected chi connectivity index (χ0v) is 11.0. The van der Waals surface area contributed by atoms with Crippen molar-refractivity contribution in [3.63, 3.8) is 0 Å². The van der Waals surface area contributed by atoms with E-state index in [1.165, 1.54) is 11.8 Å². The van der Waals surface area contributed by atoms with Gasteiger partial charge in [-0.3, -0.25) is 0 Å². The number of hydrogen-bond acceptors (Lipinski definition) is 5. The van der Waals surface area contributed by atoms with Crippen molar-refractivity contribution >= 4 is 23.4 Å². The molecule has 1 aromatic heterocycles. The fourth-order valence-corrected chi connectivity index (χ4v) is 2.20. The number of benzene rings is 1. The van der Waals surface area contributed by atoms with Crippen molar-refractivity contribution in [1.29, 1.82) is 0 Å². The molecule has 0 amide bonds. The van der Waals surface area contributed by atoms with Gasteiger partial charge < -0.3 is 9.52 Å². The minimum Gasteiger partial charge on any atom is -0.513 e. The molecular weight excluding hydrogens is 272 g/mol. The van der Waals surface area contributed by atoms with Gasteiger partial charge in [-0.15, -0.1) is 10.2 Å². The predicted octanol–water partition coefficient (Wildman–Crippen LogP) is 3.94. The largest absolute Gasteiger partial charge is 0.513 e. The van der Waals surface area contributed by atoms with Crippen LogP contribution in [0, 0.1) is 0 Å². The van der Waals surface area contributed by atoms with E-state index in [0.29, 0.717) is 28.3 Å². The SMILES string of the molecule is C=C(O)CCSc1nnc(-c2cccc(Cl)c2)o1. The minimum atomic E-state index is 0.150. The maximum Gasteiger partial charge on any atom is 0.276 e. The molecule has 1 heterocycles. The highest BCUT2D eigenvalue weighted by molar-refractivity contribution is 7.99. The van der Waals surface area contributed by atoms with Crippen molar-refractivity contribution < 1.29 is 9.52 Å². The molecule has 0 saturated carbocycles. The third kappa shape index (κ3) is 3.51. The van der Waals surface area contributed by atoms with Crippen LogP contribution >= 0.6 is 23.4 Å². The Hall–Kier alpha value is -1.46. The molecule has 94 valence electrons. The molecule has 0 bridgehead atoms. The molecule has 0 aliphatic rings. The lowest BCUT2D eigenvalue weighted by Crippen LogP contribution is -1.82. The molecule has 0 atom stereocenters. The van der Waals surface area contributed by atoms with Crippen LogP contribution in [0.2, 0.25) is 5.02 Å². The average molecular weight is 283 g/mol. The Morgan fingerprint density at radius 1 is 1.44 bits per heavy atom. The molecule has 1 N–H and O–H groups in total. The van der Waals surface area contributed by atoms with E-state index in [1.807, 2.05) is 12.1 Å². The van der Waals surface area contributed by atoms with Crippen LogP contribution in [0.5, 0.6) is 0 Å². The minimum absolute atomic E-state index is 0.150. The summed E-state index contributed by atoms with van der Waals surface area (Å²) < 4.78 is 5.48. The molecule has 1 aromatic carbocycles. The molecule has 4 nitrogen and oxygen atoms in total. The van der Waals surface area contributed by atoms with Crippen LogP contribution in [-0.4, -0.2) is 21.1 Å². The van der Waals surface area contributed by atoms with Gasteiger partial charge in [-0.25, -0.2) is 0 Å². The number of aliphatic hydroxyl groups excluding tert-OH is 1. The summed E-state index contributed by atoms with van der Waals surface area (Å²) in [4.78, 5) is 0. The fourth-order valence-electron chi connectivity index (χ4n) is 1.26. The second-order valence-corrected chi connectivity index (χ2v) is 5.03. The molecule has 2 aromatic rings. The molecule has 0 spiro atoms. The van der Waals surface area contributed by atoms with Crippen molar-refractivity contribution in [2.45, 2.75) is 11.6 Å². The second-order valence-electron chi connectivity index (χ2n) is 3.55. The van der Waals surface area contributed by atoms with Gasteiger partial charge in [0.25, 0.3) is 5.22 Å². The topological polar surface area (TPSA) is 59.2 Å². The summed E-state index contributed by atoms with van der Waals surface area (Å²) in [7, 11) is 0. The van der Waals surface area contributed by atoms with E-state index in [2.05, 4.69) is 16.8 Å². The first-order valence-corrected chi connectivity index (χ1v) is 6.60. The van der Waals surface area contributed by atoms with E-state index in [-0.39, 0.29) is 5.76 Å². The van der Waals surface area contributed by atoms with Gasteiger partial charge in [0.05, 0.1) is 5.76 Å². The summed E-state index contributed by atoms with van der Waals surface area (Å²) in [6, 6.07) is 7.22. The van der Waals surface area contributed by atoms with Gasteiger partial charge in [-0.2, -0.15) is 0 Å². The number of halogens is 1. The van der Waals surface area contributed by atoms with Crippen molar-refractivity contribution in [2.24, 2.45) is 0 Å². The van der Waals surface area contributed by atoms with E-state index in [0.717, 1.165) is 5.56 Å². The third-order valence-electron chi connectivity index (χ3n) is 2.09. The highest BCUT2D eigenvalue weighted by Crippen LogP contribution is 2.25. The standard InChI is InChI=1S/C12H11ClN2O2S/c1-8(16)5-6-18-12-15-14-11(17-12)9-3-2-4-10(13)7-9/h2-4,7,16H,1,5-6H2. The highest BCUT2D eigenvalue weighted by atomic mass is 35.5. The van der Waals surface area contributed by atoms with E-state index < -0.39 is 0 Å². The first kappa shape index (κ1) is 13.0. The fraction of sp³-hybridized carbons (Fsp3) is 0.167. The molecule has 2 rings (SSSR count). The van der Waals surface area contributed by atoms with Crippen molar-refractivity contribution in [1.82, 2.24) is 10.2 Å². The number of hydrogen-bond donors (Lipinski definition) is 1. The zero-order valence-electron chi connectivity index (χ0n) is 9.47. The Morgan fingerprint density at radius 3 is 3.00 bits per heavy atom. The first-order chi connectivity index (χ1) is 8.65. The van der Waals surface area contributed by atoms with Gasteiger partial charge in [0.2, 0.25) is 5.89 Å². The van der Waals surface area contributed by atoms with E-state index in [9.17, 15) is 0 Å². The number of thioether (sulfide) groups is 1. The van der Waals surface area contributed by atoms with Gasteiger partial charge in [-0.1, -0.05) is 36.0 Å². The Bertz CT molecular complexity index is 557. The van der Waals surface area contributed by atoms with E-state index >= 15 is 0 Å². The van der Waals surface area contributed by atoms with Gasteiger partial charge >= 0.3 is 0 Å². The van der Waals surface area contributed by atoms with Crippen LogP contribution in [-0.2, 0) is 0 Å². The van der Waals surface area contributed by atoms with Crippen LogP contribution in [0.3, 0.4) is 0 Å². The lowest BCUT2D eigenvalue weighted by molar-refractivity contribution is 0.398. The Labute approximate surface area is 114 Å². The zero-order chi connectivity index (χ0) is 13.0. The molecule has 0 fully saturated rings. The highest BCUT2D eigenvalue weighted by Gasteiger charge is 2.09. The van der Waals surface area contributed by atoms with E-state index in [1.54, 1.807) is 12.1 Å². The van der Waals surface area contributed by atoms with Crippen LogP contribution < -0.4 is 0 Å². The average Bonchev–Trinajstić information content (AvgIpc) is 2.77. The van der Waals surface area contributed by atoms with Gasteiger partial charge in [-0.05, 0) is 18.2 Å². The van der Waals surface area contributed by atoms with Crippen LogP contribution in [0.4, 0.5) is 0 Å². The van der Waals surface area contributed by atoms with Crippen molar-refractivity contribution in [2.75, 3.05) is 5.75 Å². The number of aromatic nitrogens is 2. The summed E-state index contributed by atoms with van der Waals surface area (Å²) >= 11 is 7.26. The molecule has 0 saturated heterocycles. The first-order valence-electron chi connectivity index (χ1n) is 5.24. The normalized spacial score (nSPS) is 10.5. The van der Waals surface area contributed by atoms with Crippen LogP contribution in [0.25, 0.3) is 11.5 Å². The van der Waals surface area contributed by atoms with E-state index in [4.69, 9.17) is 21.1 Å². The van der Waals surface area contributed by atoms with Crippen molar-refractivity contribution in [3.8, 4) is 11.5 Å². The number of nitrogens with zero attached hydrogens (tertiary/aromatic N) is 2. The Balaban J connectivity index is 2.04. The molecule has 0 aliphatic heterocycles. The quantitative estimate of drug-likeness (QED) is 0.665. The molecular formula is C12H11ClN2O2S. The summed E-state index contributed by atoms with van der Waals surface area (Å²) in [5.41, 5.74) is 0.786. The summed E-state index contributed by atoms with van der Waals surface area (Å²) in [6.45, 7) is 3.41. The summed E-state index contributed by atoms with van der Waals surface area (Å²) in [5.74, 6) is 1.23. The van der Waals surface area contributed by atoms with Crippen LogP contribution in [0.1, 0.15) is 6.42 Å². The number of rotatable bonds is 5. The second kappa shape index (κ2) is 5.93. The number of aliphatic hydroxyl groups is 1. The molecule has 0 radical (unpaired) electrons. The predicted molar refractivity (Wildman–Crippen MR) is 71.9 cm³/mol. The third-order valence-corrected chi connectivity index (χ3v) is 3.15. The van der Waals surface area contributed by atoms with Crippen LogP contribution in [0.15, 0.2) is 46.2 Å². The Kier molecular flexibility index (Phi) is 4.28. The smallest absolute Gasteiger partial charge is 0.276 e. The van der Waals surface area contributed by atoms with Gasteiger partial charge in [0, 0.05) is 22.8 Å². The molecule has 0 aliphatic carbocycles. The maximum atomic E-state index is 8.96. The maximum absolute atomic E-state index is 8.96. The molecule has 0 unspecified atom stereocenters. The molecule has 18 heavy (non-hydrogen) atoms. The monoisotopic (exact) mass is 282 g/mol. The number of allylic oxidation sites excluding steroid dienone is 1. The van der Waals surface area contributed by atoms with Gasteiger partial charge in [0.1, 0.15) is 0 Å². The summed E-state index contributed by atoms with van der Waals surface area (Å²) in [5, 5.41) is 17.9.